The van der Waals surface area contributed by atoms with Crippen LogP contribution in [0.5, 0.6) is 5.75 Å². The molecule has 1 aliphatic heterocycles. The van der Waals surface area contributed by atoms with E-state index in [2.05, 4.69) is 13.5 Å². The summed E-state index contributed by atoms with van der Waals surface area (Å²) in [5.74, 6) is 0.896. The third kappa shape index (κ3) is 4.09. The zero-order chi connectivity index (χ0) is 14.3. The SMILES string of the molecule is C=Cc1ccc(OCCCOCC2(CC)COC2)cc1. The molecule has 0 aromatic heterocycles. The predicted octanol–water partition coefficient (Wildman–Crippen LogP) is 3.54. The smallest absolute Gasteiger partial charge is 0.119 e. The Morgan fingerprint density at radius 2 is 2.00 bits per heavy atom. The fraction of sp³-hybridized carbons (Fsp3) is 0.529. The molecular formula is C17H24O3. The van der Waals surface area contributed by atoms with Gasteiger partial charge in [0.25, 0.3) is 0 Å². The lowest BCUT2D eigenvalue weighted by molar-refractivity contribution is -0.150. The van der Waals surface area contributed by atoms with Crippen molar-refractivity contribution in [1.82, 2.24) is 0 Å². The van der Waals surface area contributed by atoms with Gasteiger partial charge in [0.05, 0.1) is 26.4 Å². The first kappa shape index (κ1) is 15.1. The highest BCUT2D eigenvalue weighted by molar-refractivity contribution is 5.48. The molecule has 1 heterocycles. The normalized spacial score (nSPS) is 16.4. The number of rotatable bonds is 9. The molecule has 0 aliphatic carbocycles. The maximum Gasteiger partial charge on any atom is 0.119 e. The highest BCUT2D eigenvalue weighted by Crippen LogP contribution is 2.31. The van der Waals surface area contributed by atoms with Crippen LogP contribution in [0.4, 0.5) is 0 Å². The summed E-state index contributed by atoms with van der Waals surface area (Å²) < 4.78 is 16.7. The van der Waals surface area contributed by atoms with Crippen LogP contribution in [-0.2, 0) is 9.47 Å². The molecule has 0 amide bonds. The third-order valence-electron chi connectivity index (χ3n) is 3.79. The van der Waals surface area contributed by atoms with Gasteiger partial charge in [-0.3, -0.25) is 0 Å². The Balaban J connectivity index is 1.56. The van der Waals surface area contributed by atoms with Crippen LogP contribution >= 0.6 is 0 Å². The molecule has 0 atom stereocenters. The summed E-state index contributed by atoms with van der Waals surface area (Å²) in [6.07, 6.45) is 3.86. The van der Waals surface area contributed by atoms with Gasteiger partial charge in [-0.2, -0.15) is 0 Å². The molecule has 1 fully saturated rings. The van der Waals surface area contributed by atoms with Crippen LogP contribution in [-0.4, -0.2) is 33.0 Å². The summed E-state index contributed by atoms with van der Waals surface area (Å²) in [7, 11) is 0. The fourth-order valence-corrected chi connectivity index (χ4v) is 2.12. The van der Waals surface area contributed by atoms with E-state index in [0.717, 1.165) is 50.6 Å². The van der Waals surface area contributed by atoms with Gasteiger partial charge in [-0.05, 0) is 24.1 Å². The summed E-state index contributed by atoms with van der Waals surface area (Å²) in [5.41, 5.74) is 1.38. The first-order chi connectivity index (χ1) is 9.78. The fourth-order valence-electron chi connectivity index (χ4n) is 2.12. The summed E-state index contributed by atoms with van der Waals surface area (Å²) in [4.78, 5) is 0. The Labute approximate surface area is 121 Å². The molecule has 0 N–H and O–H groups in total. The molecule has 1 saturated heterocycles. The van der Waals surface area contributed by atoms with E-state index in [0.29, 0.717) is 6.61 Å². The maximum atomic E-state index is 5.73. The lowest BCUT2D eigenvalue weighted by Crippen LogP contribution is -2.45. The topological polar surface area (TPSA) is 27.7 Å². The monoisotopic (exact) mass is 276 g/mol. The molecule has 0 radical (unpaired) electrons. The Bertz CT molecular complexity index is 401. The third-order valence-corrected chi connectivity index (χ3v) is 3.79. The zero-order valence-electron chi connectivity index (χ0n) is 12.3. The lowest BCUT2D eigenvalue weighted by Gasteiger charge is -2.40. The molecule has 3 nitrogen and oxygen atoms in total. The van der Waals surface area contributed by atoms with E-state index >= 15 is 0 Å². The summed E-state index contributed by atoms with van der Waals surface area (Å²) in [6.45, 7) is 9.84. The van der Waals surface area contributed by atoms with Crippen LogP contribution in [0.1, 0.15) is 25.3 Å². The molecule has 3 heteroatoms. The minimum atomic E-state index is 0.279. The van der Waals surface area contributed by atoms with E-state index in [9.17, 15) is 0 Å². The number of hydrogen-bond donors (Lipinski definition) is 0. The van der Waals surface area contributed by atoms with Crippen LogP contribution in [0.15, 0.2) is 30.8 Å². The van der Waals surface area contributed by atoms with E-state index in [4.69, 9.17) is 14.2 Å². The van der Waals surface area contributed by atoms with Gasteiger partial charge < -0.3 is 14.2 Å². The number of ether oxygens (including phenoxy) is 3. The minimum absolute atomic E-state index is 0.279. The Morgan fingerprint density at radius 3 is 2.55 bits per heavy atom. The van der Waals surface area contributed by atoms with Crippen LogP contribution in [0, 0.1) is 5.41 Å². The van der Waals surface area contributed by atoms with Gasteiger partial charge in [-0.25, -0.2) is 0 Å². The first-order valence-corrected chi connectivity index (χ1v) is 7.29. The van der Waals surface area contributed by atoms with E-state index in [1.807, 2.05) is 30.3 Å². The van der Waals surface area contributed by atoms with Crippen molar-refractivity contribution in [2.75, 3.05) is 33.0 Å². The van der Waals surface area contributed by atoms with E-state index in [1.54, 1.807) is 0 Å². The van der Waals surface area contributed by atoms with Gasteiger partial charge in [0.1, 0.15) is 5.75 Å². The van der Waals surface area contributed by atoms with Crippen molar-refractivity contribution in [3.05, 3.63) is 36.4 Å². The molecule has 110 valence electrons. The average molecular weight is 276 g/mol. The average Bonchev–Trinajstić information content (AvgIpc) is 2.45. The summed E-state index contributed by atoms with van der Waals surface area (Å²) in [5, 5.41) is 0. The van der Waals surface area contributed by atoms with Gasteiger partial charge in [0.15, 0.2) is 0 Å². The van der Waals surface area contributed by atoms with Gasteiger partial charge in [0.2, 0.25) is 0 Å². The predicted molar refractivity (Wildman–Crippen MR) is 81.0 cm³/mol. The second kappa shape index (κ2) is 7.46. The highest BCUT2D eigenvalue weighted by atomic mass is 16.5. The van der Waals surface area contributed by atoms with Gasteiger partial charge in [-0.1, -0.05) is 31.7 Å². The van der Waals surface area contributed by atoms with E-state index in [-0.39, 0.29) is 5.41 Å². The van der Waals surface area contributed by atoms with Crippen molar-refractivity contribution in [2.24, 2.45) is 5.41 Å². The van der Waals surface area contributed by atoms with Gasteiger partial charge in [0, 0.05) is 18.4 Å². The van der Waals surface area contributed by atoms with Crippen LogP contribution < -0.4 is 4.74 Å². The Kier molecular flexibility index (Phi) is 5.62. The molecule has 0 bridgehead atoms. The zero-order valence-corrected chi connectivity index (χ0v) is 12.3. The van der Waals surface area contributed by atoms with Crippen molar-refractivity contribution in [3.8, 4) is 5.75 Å². The van der Waals surface area contributed by atoms with Crippen LogP contribution in [0.3, 0.4) is 0 Å². The minimum Gasteiger partial charge on any atom is -0.494 e. The maximum absolute atomic E-state index is 5.73. The number of hydrogen-bond acceptors (Lipinski definition) is 3. The molecule has 2 rings (SSSR count). The molecular weight excluding hydrogens is 252 g/mol. The molecule has 0 spiro atoms. The quantitative estimate of drug-likeness (QED) is 0.646. The molecule has 1 aromatic rings. The van der Waals surface area contributed by atoms with Crippen LogP contribution in [0.2, 0.25) is 0 Å². The van der Waals surface area contributed by atoms with E-state index in [1.165, 1.54) is 0 Å². The van der Waals surface area contributed by atoms with Gasteiger partial charge in [-0.15, -0.1) is 0 Å². The second-order valence-electron chi connectivity index (χ2n) is 5.37. The van der Waals surface area contributed by atoms with Crippen molar-refractivity contribution < 1.29 is 14.2 Å². The highest BCUT2D eigenvalue weighted by Gasteiger charge is 2.36. The largest absolute Gasteiger partial charge is 0.494 e. The molecule has 1 aliphatic rings. The van der Waals surface area contributed by atoms with Crippen LogP contribution in [0.25, 0.3) is 6.08 Å². The molecule has 20 heavy (non-hydrogen) atoms. The molecule has 0 unspecified atom stereocenters. The lowest BCUT2D eigenvalue weighted by atomic mass is 9.84. The molecule has 0 saturated carbocycles. The molecule has 1 aromatic carbocycles. The Hall–Kier alpha value is -1.32. The van der Waals surface area contributed by atoms with Gasteiger partial charge >= 0.3 is 0 Å². The van der Waals surface area contributed by atoms with Crippen molar-refractivity contribution in [2.45, 2.75) is 19.8 Å². The Morgan fingerprint density at radius 1 is 1.25 bits per heavy atom. The van der Waals surface area contributed by atoms with Crippen molar-refractivity contribution >= 4 is 6.08 Å². The number of benzene rings is 1. The first-order valence-electron chi connectivity index (χ1n) is 7.29. The summed E-state index contributed by atoms with van der Waals surface area (Å²) >= 11 is 0. The van der Waals surface area contributed by atoms with Crippen molar-refractivity contribution in [1.29, 1.82) is 0 Å². The second-order valence-corrected chi connectivity index (χ2v) is 5.37. The summed E-state index contributed by atoms with van der Waals surface area (Å²) in [6, 6.07) is 7.94. The van der Waals surface area contributed by atoms with Crippen molar-refractivity contribution in [3.63, 3.8) is 0 Å². The standard InChI is InChI=1S/C17H24O3/c1-3-15-6-8-16(9-7-15)20-11-5-10-18-12-17(4-2)13-19-14-17/h3,6-9H,1,4-5,10-14H2,2H3. The van der Waals surface area contributed by atoms with E-state index < -0.39 is 0 Å².